The fraction of sp³-hybridized carbons (Fsp3) is 0.381. The largest absolute Gasteiger partial charge is 0.390 e. The minimum Gasteiger partial charge on any atom is -0.390 e. The molecule has 0 aliphatic rings. The standard InChI is InChI=1S/C21H26F2N2O2/c1-3-15-5-4-6-16(7-15)12-24-13-21(27)20(25-14(2)26)10-17-8-18(22)11-19(23)9-17/h4-9,11,20-21,24,27H,3,10,12-13H2,1-2H3,(H,25,26)/t20-,21+/m0/s1. The van der Waals surface area contributed by atoms with Crippen LogP contribution < -0.4 is 10.6 Å². The first-order valence-corrected chi connectivity index (χ1v) is 9.06. The van der Waals surface area contributed by atoms with Crippen molar-refractivity contribution in [3.63, 3.8) is 0 Å². The maximum Gasteiger partial charge on any atom is 0.217 e. The Morgan fingerprint density at radius 3 is 2.37 bits per heavy atom. The Balaban J connectivity index is 1.96. The van der Waals surface area contributed by atoms with Gasteiger partial charge in [0.25, 0.3) is 0 Å². The van der Waals surface area contributed by atoms with E-state index in [0.717, 1.165) is 18.1 Å². The van der Waals surface area contributed by atoms with Gasteiger partial charge in [-0.2, -0.15) is 0 Å². The Bertz CT molecular complexity index is 747. The molecule has 0 bridgehead atoms. The fourth-order valence-electron chi connectivity index (χ4n) is 2.99. The molecule has 0 saturated heterocycles. The number of hydrogen-bond donors (Lipinski definition) is 3. The van der Waals surface area contributed by atoms with Gasteiger partial charge in [-0.25, -0.2) is 8.78 Å². The monoisotopic (exact) mass is 376 g/mol. The molecule has 0 fully saturated rings. The molecule has 0 saturated carbocycles. The number of halogens is 2. The number of aliphatic hydroxyl groups excluding tert-OH is 1. The number of carbonyl (C=O) groups excluding carboxylic acids is 1. The predicted molar refractivity (Wildman–Crippen MR) is 101 cm³/mol. The molecule has 2 aromatic carbocycles. The second-order valence-electron chi connectivity index (χ2n) is 6.66. The zero-order valence-electron chi connectivity index (χ0n) is 15.6. The summed E-state index contributed by atoms with van der Waals surface area (Å²) < 4.78 is 26.8. The van der Waals surface area contributed by atoms with Crippen molar-refractivity contribution >= 4 is 5.91 Å². The highest BCUT2D eigenvalue weighted by Gasteiger charge is 2.21. The third kappa shape index (κ3) is 7.07. The minimum atomic E-state index is -0.908. The van der Waals surface area contributed by atoms with Crippen LogP contribution in [0.3, 0.4) is 0 Å². The van der Waals surface area contributed by atoms with E-state index < -0.39 is 23.8 Å². The molecule has 146 valence electrons. The normalized spacial score (nSPS) is 13.2. The SMILES string of the molecule is CCc1cccc(CNC[C@@H](O)[C@H](Cc2cc(F)cc(F)c2)NC(C)=O)c1. The molecule has 6 heteroatoms. The van der Waals surface area contributed by atoms with E-state index >= 15 is 0 Å². The van der Waals surface area contributed by atoms with Gasteiger partial charge < -0.3 is 15.7 Å². The zero-order chi connectivity index (χ0) is 19.8. The predicted octanol–water partition coefficient (Wildman–Crippen LogP) is 2.73. The van der Waals surface area contributed by atoms with Crippen LogP contribution in [0.5, 0.6) is 0 Å². The molecular weight excluding hydrogens is 350 g/mol. The van der Waals surface area contributed by atoms with Crippen LogP contribution >= 0.6 is 0 Å². The number of rotatable bonds is 9. The minimum absolute atomic E-state index is 0.127. The molecule has 1 amide bonds. The van der Waals surface area contributed by atoms with Gasteiger partial charge in [0, 0.05) is 26.1 Å². The summed E-state index contributed by atoms with van der Waals surface area (Å²) in [5.74, 6) is -1.68. The van der Waals surface area contributed by atoms with Crippen LogP contribution in [0.4, 0.5) is 8.78 Å². The number of amides is 1. The van der Waals surface area contributed by atoms with E-state index in [1.165, 1.54) is 24.6 Å². The molecule has 0 aliphatic heterocycles. The second kappa shape index (κ2) is 10.1. The average molecular weight is 376 g/mol. The van der Waals surface area contributed by atoms with E-state index in [1.54, 1.807) is 0 Å². The highest BCUT2D eigenvalue weighted by Crippen LogP contribution is 2.12. The Morgan fingerprint density at radius 2 is 1.74 bits per heavy atom. The van der Waals surface area contributed by atoms with E-state index in [1.807, 2.05) is 12.1 Å². The van der Waals surface area contributed by atoms with Crippen LogP contribution in [0.2, 0.25) is 0 Å². The molecule has 2 aromatic rings. The summed E-state index contributed by atoms with van der Waals surface area (Å²) in [6.07, 6.45) is 0.169. The summed E-state index contributed by atoms with van der Waals surface area (Å²) in [5, 5.41) is 16.3. The van der Waals surface area contributed by atoms with Gasteiger partial charge in [0.05, 0.1) is 12.1 Å². The van der Waals surface area contributed by atoms with Crippen molar-refractivity contribution in [2.24, 2.45) is 0 Å². The first kappa shape index (κ1) is 21.0. The van der Waals surface area contributed by atoms with Crippen molar-refractivity contribution in [1.29, 1.82) is 0 Å². The lowest BCUT2D eigenvalue weighted by Gasteiger charge is -2.24. The Morgan fingerprint density at radius 1 is 1.07 bits per heavy atom. The number of hydrogen-bond acceptors (Lipinski definition) is 3. The number of aliphatic hydroxyl groups is 1. The second-order valence-corrected chi connectivity index (χ2v) is 6.66. The third-order valence-electron chi connectivity index (χ3n) is 4.31. The van der Waals surface area contributed by atoms with Gasteiger partial charge in [0.15, 0.2) is 0 Å². The molecular formula is C21H26F2N2O2. The summed E-state index contributed by atoms with van der Waals surface area (Å²) >= 11 is 0. The highest BCUT2D eigenvalue weighted by atomic mass is 19.1. The number of aryl methyl sites for hydroxylation is 1. The van der Waals surface area contributed by atoms with Crippen LogP contribution in [0.25, 0.3) is 0 Å². The van der Waals surface area contributed by atoms with Gasteiger partial charge in [-0.05, 0) is 41.7 Å². The van der Waals surface area contributed by atoms with Crippen LogP contribution in [-0.4, -0.2) is 29.7 Å². The maximum atomic E-state index is 13.4. The molecule has 4 nitrogen and oxygen atoms in total. The van der Waals surface area contributed by atoms with Gasteiger partial charge in [-0.15, -0.1) is 0 Å². The molecule has 0 aromatic heterocycles. The number of nitrogens with one attached hydrogen (secondary N) is 2. The van der Waals surface area contributed by atoms with Gasteiger partial charge in [-0.1, -0.05) is 31.2 Å². The molecule has 0 unspecified atom stereocenters. The Kier molecular flexibility index (Phi) is 7.88. The summed E-state index contributed by atoms with van der Waals surface area (Å²) in [7, 11) is 0. The van der Waals surface area contributed by atoms with Crippen molar-refractivity contribution in [2.75, 3.05) is 6.54 Å². The van der Waals surface area contributed by atoms with Crippen molar-refractivity contribution in [3.05, 3.63) is 70.8 Å². The topological polar surface area (TPSA) is 61.4 Å². The molecule has 0 aliphatic carbocycles. The van der Waals surface area contributed by atoms with Crippen LogP contribution in [-0.2, 0) is 24.2 Å². The van der Waals surface area contributed by atoms with Gasteiger partial charge >= 0.3 is 0 Å². The molecule has 0 spiro atoms. The molecule has 2 rings (SSSR count). The quantitative estimate of drug-likeness (QED) is 0.631. The van der Waals surface area contributed by atoms with Crippen molar-refractivity contribution in [2.45, 2.75) is 45.4 Å². The summed E-state index contributed by atoms with van der Waals surface area (Å²) in [6, 6.07) is 10.7. The average Bonchev–Trinajstić information content (AvgIpc) is 2.60. The lowest BCUT2D eigenvalue weighted by Crippen LogP contribution is -2.48. The summed E-state index contributed by atoms with van der Waals surface area (Å²) in [4.78, 5) is 11.5. The van der Waals surface area contributed by atoms with Gasteiger partial charge in [0.2, 0.25) is 5.91 Å². The smallest absolute Gasteiger partial charge is 0.217 e. The van der Waals surface area contributed by atoms with Gasteiger partial charge in [0.1, 0.15) is 11.6 Å². The van der Waals surface area contributed by atoms with E-state index in [4.69, 9.17) is 0 Å². The Labute approximate surface area is 158 Å². The van der Waals surface area contributed by atoms with E-state index in [-0.39, 0.29) is 18.9 Å². The number of carbonyl (C=O) groups is 1. The van der Waals surface area contributed by atoms with Crippen LogP contribution in [0, 0.1) is 11.6 Å². The van der Waals surface area contributed by atoms with E-state index in [0.29, 0.717) is 12.1 Å². The Hall–Kier alpha value is -2.31. The lowest BCUT2D eigenvalue weighted by molar-refractivity contribution is -0.120. The lowest BCUT2D eigenvalue weighted by atomic mass is 10.0. The first-order chi connectivity index (χ1) is 12.9. The molecule has 0 radical (unpaired) electrons. The molecule has 3 N–H and O–H groups in total. The maximum absolute atomic E-state index is 13.4. The zero-order valence-corrected chi connectivity index (χ0v) is 15.6. The summed E-state index contributed by atoms with van der Waals surface area (Å²) in [6.45, 7) is 4.24. The van der Waals surface area contributed by atoms with Crippen molar-refractivity contribution in [1.82, 2.24) is 10.6 Å². The molecule has 27 heavy (non-hydrogen) atoms. The van der Waals surface area contributed by atoms with Crippen molar-refractivity contribution in [3.8, 4) is 0 Å². The van der Waals surface area contributed by atoms with Crippen molar-refractivity contribution < 1.29 is 18.7 Å². The summed E-state index contributed by atoms with van der Waals surface area (Å²) in [5.41, 5.74) is 2.71. The van der Waals surface area contributed by atoms with Gasteiger partial charge in [-0.3, -0.25) is 4.79 Å². The molecule has 2 atom stereocenters. The third-order valence-corrected chi connectivity index (χ3v) is 4.31. The van der Waals surface area contributed by atoms with Crippen LogP contribution in [0.15, 0.2) is 42.5 Å². The van der Waals surface area contributed by atoms with E-state index in [2.05, 4.69) is 29.7 Å². The molecule has 0 heterocycles. The first-order valence-electron chi connectivity index (χ1n) is 9.06. The van der Waals surface area contributed by atoms with E-state index in [9.17, 15) is 18.7 Å². The van der Waals surface area contributed by atoms with Crippen LogP contribution in [0.1, 0.15) is 30.5 Å². The number of benzene rings is 2. The fourth-order valence-corrected chi connectivity index (χ4v) is 2.99. The highest BCUT2D eigenvalue weighted by molar-refractivity contribution is 5.73.